The summed E-state index contributed by atoms with van der Waals surface area (Å²) >= 11 is 1.73. The molecule has 0 atom stereocenters. The van der Waals surface area contributed by atoms with Crippen LogP contribution in [-0.2, 0) is 17.7 Å². The number of hydrogen-bond donors (Lipinski definition) is 2. The molecule has 1 aromatic heterocycles. The summed E-state index contributed by atoms with van der Waals surface area (Å²) in [6.45, 7) is 7.49. The largest absolute Gasteiger partial charge is 0.491 e. The number of guanidine groups is 1. The summed E-state index contributed by atoms with van der Waals surface area (Å²) in [5, 5.41) is 11.0. The normalized spacial score (nSPS) is 11.4. The second kappa shape index (κ2) is 11.5. The third-order valence-corrected chi connectivity index (χ3v) is 4.54. The molecule has 26 heavy (non-hydrogen) atoms. The minimum atomic E-state index is 0.537. The van der Waals surface area contributed by atoms with Crippen molar-refractivity contribution in [1.82, 2.24) is 10.6 Å². The van der Waals surface area contributed by atoms with Crippen LogP contribution in [0, 0.1) is 6.92 Å². The monoisotopic (exact) mass is 375 g/mol. The summed E-state index contributed by atoms with van der Waals surface area (Å²) in [6, 6.07) is 8.38. The zero-order valence-electron chi connectivity index (χ0n) is 15.9. The Hall–Kier alpha value is -2.05. The van der Waals surface area contributed by atoms with E-state index in [1.165, 1.54) is 11.1 Å². The Labute approximate surface area is 160 Å². The molecule has 0 aliphatic carbocycles. The lowest BCUT2D eigenvalue weighted by atomic mass is 10.1. The average molecular weight is 376 g/mol. The SMILES string of the molecule is CCNC(=NCc1ccc(C)cc1OCCOC)NCCc1ccsc1. The van der Waals surface area contributed by atoms with E-state index in [2.05, 4.69) is 59.5 Å². The summed E-state index contributed by atoms with van der Waals surface area (Å²) < 4.78 is 10.9. The Morgan fingerprint density at radius 1 is 1.19 bits per heavy atom. The summed E-state index contributed by atoms with van der Waals surface area (Å²) in [7, 11) is 1.68. The summed E-state index contributed by atoms with van der Waals surface area (Å²) in [6.07, 6.45) is 0.990. The van der Waals surface area contributed by atoms with Crippen LogP contribution < -0.4 is 15.4 Å². The third kappa shape index (κ3) is 7.06. The highest BCUT2D eigenvalue weighted by molar-refractivity contribution is 7.07. The molecule has 0 amide bonds. The molecular formula is C20H29N3O2S. The molecule has 142 valence electrons. The number of ether oxygens (including phenoxy) is 2. The van der Waals surface area contributed by atoms with Gasteiger partial charge in [0.25, 0.3) is 0 Å². The quantitative estimate of drug-likeness (QED) is 0.380. The predicted octanol–water partition coefficient (Wildman–Crippen LogP) is 3.38. The average Bonchev–Trinajstić information content (AvgIpc) is 3.14. The van der Waals surface area contributed by atoms with E-state index in [0.29, 0.717) is 19.8 Å². The Morgan fingerprint density at radius 3 is 2.81 bits per heavy atom. The molecule has 0 fully saturated rings. The van der Waals surface area contributed by atoms with Crippen LogP contribution in [0.4, 0.5) is 0 Å². The van der Waals surface area contributed by atoms with Gasteiger partial charge in [0.2, 0.25) is 0 Å². The molecule has 0 aliphatic heterocycles. The van der Waals surface area contributed by atoms with Gasteiger partial charge >= 0.3 is 0 Å². The van der Waals surface area contributed by atoms with Crippen molar-refractivity contribution in [3.63, 3.8) is 0 Å². The first-order valence-corrected chi connectivity index (χ1v) is 9.91. The highest BCUT2D eigenvalue weighted by Crippen LogP contribution is 2.21. The van der Waals surface area contributed by atoms with Gasteiger partial charge in [0.1, 0.15) is 12.4 Å². The molecule has 0 saturated carbocycles. The molecular weight excluding hydrogens is 346 g/mol. The van der Waals surface area contributed by atoms with Gasteiger partial charge in [-0.05, 0) is 54.3 Å². The van der Waals surface area contributed by atoms with Gasteiger partial charge in [0.05, 0.1) is 13.2 Å². The van der Waals surface area contributed by atoms with Gasteiger partial charge in [-0.15, -0.1) is 0 Å². The number of rotatable bonds is 10. The zero-order valence-corrected chi connectivity index (χ0v) is 16.7. The second-order valence-corrected chi connectivity index (χ2v) is 6.74. The van der Waals surface area contributed by atoms with E-state index in [-0.39, 0.29) is 0 Å². The Balaban J connectivity index is 1.96. The van der Waals surface area contributed by atoms with Crippen LogP contribution in [0.2, 0.25) is 0 Å². The van der Waals surface area contributed by atoms with Crippen molar-refractivity contribution in [1.29, 1.82) is 0 Å². The summed E-state index contributed by atoms with van der Waals surface area (Å²) in [5.41, 5.74) is 3.60. The zero-order chi connectivity index (χ0) is 18.6. The minimum absolute atomic E-state index is 0.537. The van der Waals surface area contributed by atoms with Gasteiger partial charge < -0.3 is 20.1 Å². The van der Waals surface area contributed by atoms with Crippen molar-refractivity contribution in [3.8, 4) is 5.75 Å². The molecule has 0 bridgehead atoms. The van der Waals surface area contributed by atoms with Crippen molar-refractivity contribution in [3.05, 3.63) is 51.7 Å². The van der Waals surface area contributed by atoms with Crippen molar-refractivity contribution in [2.75, 3.05) is 33.4 Å². The number of aryl methyl sites for hydroxylation is 1. The lowest BCUT2D eigenvalue weighted by Crippen LogP contribution is -2.38. The molecule has 2 N–H and O–H groups in total. The maximum atomic E-state index is 5.85. The smallest absolute Gasteiger partial charge is 0.191 e. The first kappa shape index (κ1) is 20.3. The van der Waals surface area contributed by atoms with Gasteiger partial charge in [0.15, 0.2) is 5.96 Å². The topological polar surface area (TPSA) is 54.9 Å². The summed E-state index contributed by atoms with van der Waals surface area (Å²) in [5.74, 6) is 1.70. The van der Waals surface area contributed by atoms with Crippen molar-refractivity contribution >= 4 is 17.3 Å². The van der Waals surface area contributed by atoms with Crippen LogP contribution in [0.5, 0.6) is 5.75 Å². The molecule has 2 aromatic rings. The van der Waals surface area contributed by atoms with Crippen LogP contribution in [0.15, 0.2) is 40.0 Å². The molecule has 0 saturated heterocycles. The second-order valence-electron chi connectivity index (χ2n) is 5.96. The van der Waals surface area contributed by atoms with Crippen LogP contribution in [-0.4, -0.2) is 39.4 Å². The summed E-state index contributed by atoms with van der Waals surface area (Å²) in [4.78, 5) is 4.71. The number of benzene rings is 1. The van der Waals surface area contributed by atoms with Crippen LogP contribution >= 0.6 is 11.3 Å². The molecule has 2 rings (SSSR count). The maximum Gasteiger partial charge on any atom is 0.191 e. The molecule has 5 nitrogen and oxygen atoms in total. The molecule has 1 heterocycles. The molecule has 6 heteroatoms. The number of methoxy groups -OCH3 is 1. The van der Waals surface area contributed by atoms with E-state index in [9.17, 15) is 0 Å². The standard InChI is InChI=1S/C20H29N3O2S/c1-4-21-20(22-9-7-17-8-12-26-15-17)23-14-18-6-5-16(2)13-19(18)25-11-10-24-3/h5-6,8,12-13,15H,4,7,9-11,14H2,1-3H3,(H2,21,22,23). The number of aliphatic imine (C=N–C) groups is 1. The number of hydrogen-bond acceptors (Lipinski definition) is 4. The highest BCUT2D eigenvalue weighted by atomic mass is 32.1. The lowest BCUT2D eigenvalue weighted by Gasteiger charge is -2.13. The van der Waals surface area contributed by atoms with E-state index in [1.807, 2.05) is 0 Å². The van der Waals surface area contributed by atoms with E-state index in [1.54, 1.807) is 18.4 Å². The van der Waals surface area contributed by atoms with Crippen molar-refractivity contribution in [2.45, 2.75) is 26.8 Å². The van der Waals surface area contributed by atoms with E-state index < -0.39 is 0 Å². The van der Waals surface area contributed by atoms with Gasteiger partial charge in [-0.2, -0.15) is 11.3 Å². The predicted molar refractivity (Wildman–Crippen MR) is 109 cm³/mol. The molecule has 0 aliphatic rings. The van der Waals surface area contributed by atoms with Crippen molar-refractivity contribution in [2.24, 2.45) is 4.99 Å². The van der Waals surface area contributed by atoms with Crippen LogP contribution in [0.3, 0.4) is 0 Å². The Morgan fingerprint density at radius 2 is 2.08 bits per heavy atom. The van der Waals surface area contributed by atoms with Gasteiger partial charge in [-0.1, -0.05) is 12.1 Å². The Kier molecular flexibility index (Phi) is 9.00. The molecule has 0 radical (unpaired) electrons. The number of thiophene rings is 1. The fourth-order valence-electron chi connectivity index (χ4n) is 2.43. The van der Waals surface area contributed by atoms with Crippen LogP contribution in [0.25, 0.3) is 0 Å². The van der Waals surface area contributed by atoms with E-state index in [4.69, 9.17) is 14.5 Å². The first-order chi connectivity index (χ1) is 12.7. The van der Waals surface area contributed by atoms with Crippen molar-refractivity contribution < 1.29 is 9.47 Å². The highest BCUT2D eigenvalue weighted by Gasteiger charge is 2.05. The van der Waals surface area contributed by atoms with Crippen LogP contribution in [0.1, 0.15) is 23.6 Å². The molecule has 1 aromatic carbocycles. The van der Waals surface area contributed by atoms with E-state index >= 15 is 0 Å². The molecule has 0 unspecified atom stereocenters. The number of nitrogens with one attached hydrogen (secondary N) is 2. The Bertz CT molecular complexity index is 672. The first-order valence-electron chi connectivity index (χ1n) is 8.97. The van der Waals surface area contributed by atoms with Gasteiger partial charge in [-0.25, -0.2) is 4.99 Å². The van der Waals surface area contributed by atoms with Gasteiger partial charge in [0, 0.05) is 25.8 Å². The van der Waals surface area contributed by atoms with E-state index in [0.717, 1.165) is 36.8 Å². The number of nitrogens with zero attached hydrogens (tertiary/aromatic N) is 1. The maximum absolute atomic E-state index is 5.85. The third-order valence-electron chi connectivity index (χ3n) is 3.81. The minimum Gasteiger partial charge on any atom is -0.491 e. The lowest BCUT2D eigenvalue weighted by molar-refractivity contribution is 0.145. The fourth-order valence-corrected chi connectivity index (χ4v) is 3.13. The molecule has 0 spiro atoms. The van der Waals surface area contributed by atoms with Gasteiger partial charge in [-0.3, -0.25) is 0 Å². The fraction of sp³-hybridized carbons (Fsp3) is 0.450.